The number of hydrogen-bond donors (Lipinski definition) is 2. The fourth-order valence-corrected chi connectivity index (χ4v) is 1.72. The third-order valence-corrected chi connectivity index (χ3v) is 2.68. The smallest absolute Gasteiger partial charge is 0.392 e. The van der Waals surface area contributed by atoms with Crippen molar-refractivity contribution in [1.29, 1.82) is 0 Å². The molecule has 84 valence electrons. The van der Waals surface area contributed by atoms with Crippen molar-refractivity contribution in [3.05, 3.63) is 0 Å². The molecule has 0 bridgehead atoms. The summed E-state index contributed by atoms with van der Waals surface area (Å²) in [5.41, 5.74) is 0. The fourth-order valence-electron chi connectivity index (χ4n) is 1.72. The van der Waals surface area contributed by atoms with E-state index >= 15 is 0 Å². The molecular weight excluding hydrogens is 195 g/mol. The van der Waals surface area contributed by atoms with Crippen molar-refractivity contribution in [2.75, 3.05) is 0 Å². The van der Waals surface area contributed by atoms with Gasteiger partial charge in [0.1, 0.15) is 6.04 Å². The summed E-state index contributed by atoms with van der Waals surface area (Å²) in [6.07, 6.45) is -1.84. The molecule has 1 rings (SSSR count). The summed E-state index contributed by atoms with van der Waals surface area (Å²) < 4.78 is 36.6. The molecule has 1 aliphatic rings. The summed E-state index contributed by atoms with van der Waals surface area (Å²) in [6, 6.07) is -1.94. The van der Waals surface area contributed by atoms with E-state index in [1.165, 1.54) is 0 Å². The van der Waals surface area contributed by atoms with Crippen LogP contribution in [0.2, 0.25) is 0 Å². The lowest BCUT2D eigenvalue weighted by Gasteiger charge is -2.31. The number of rotatable bonds is 2. The maximum absolute atomic E-state index is 12.2. The van der Waals surface area contributed by atoms with Gasteiger partial charge in [-0.3, -0.25) is 0 Å². The molecule has 0 aliphatic heterocycles. The second kappa shape index (κ2) is 4.49. The van der Waals surface area contributed by atoms with Crippen LogP contribution in [-0.2, 0) is 0 Å². The number of alkyl halides is 3. The standard InChI is InChI=1S/C9H16F3NO/c1-6(9(10,11)12)13-7-4-2-3-5-8(7)14/h6-8,13-14H,2-5H2,1H3/t6?,7-,8-/m1/s1. The van der Waals surface area contributed by atoms with Crippen molar-refractivity contribution in [3.8, 4) is 0 Å². The van der Waals surface area contributed by atoms with Crippen LogP contribution in [0.25, 0.3) is 0 Å². The minimum absolute atomic E-state index is 0.402. The largest absolute Gasteiger partial charge is 0.403 e. The van der Waals surface area contributed by atoms with Gasteiger partial charge in [-0.25, -0.2) is 0 Å². The van der Waals surface area contributed by atoms with Crippen molar-refractivity contribution >= 4 is 0 Å². The molecule has 1 fully saturated rings. The van der Waals surface area contributed by atoms with Crippen molar-refractivity contribution in [2.45, 2.75) is 57.0 Å². The zero-order valence-electron chi connectivity index (χ0n) is 8.14. The van der Waals surface area contributed by atoms with Crippen LogP contribution in [0.5, 0.6) is 0 Å². The number of aliphatic hydroxyl groups is 1. The lowest BCUT2D eigenvalue weighted by molar-refractivity contribution is -0.155. The molecule has 1 saturated carbocycles. The number of aliphatic hydroxyl groups excluding tert-OH is 1. The van der Waals surface area contributed by atoms with Gasteiger partial charge in [-0.2, -0.15) is 13.2 Å². The summed E-state index contributed by atoms with van der Waals surface area (Å²) in [5, 5.41) is 11.9. The third kappa shape index (κ3) is 3.13. The molecule has 5 heteroatoms. The van der Waals surface area contributed by atoms with E-state index in [2.05, 4.69) is 5.32 Å². The Morgan fingerprint density at radius 1 is 1.29 bits per heavy atom. The van der Waals surface area contributed by atoms with E-state index in [1.54, 1.807) is 0 Å². The quantitative estimate of drug-likeness (QED) is 0.730. The average molecular weight is 211 g/mol. The predicted molar refractivity (Wildman–Crippen MR) is 46.9 cm³/mol. The van der Waals surface area contributed by atoms with E-state index < -0.39 is 24.4 Å². The van der Waals surface area contributed by atoms with Crippen LogP contribution in [0.1, 0.15) is 32.6 Å². The zero-order chi connectivity index (χ0) is 10.8. The Balaban J connectivity index is 2.42. The highest BCUT2D eigenvalue weighted by molar-refractivity contribution is 4.84. The third-order valence-electron chi connectivity index (χ3n) is 2.68. The molecule has 2 N–H and O–H groups in total. The Labute approximate surface area is 81.5 Å². The second-order valence-electron chi connectivity index (χ2n) is 3.89. The van der Waals surface area contributed by atoms with Crippen LogP contribution in [0.4, 0.5) is 13.2 Å². The summed E-state index contributed by atoms with van der Waals surface area (Å²) in [7, 11) is 0. The van der Waals surface area contributed by atoms with Gasteiger partial charge in [-0.1, -0.05) is 12.8 Å². The second-order valence-corrected chi connectivity index (χ2v) is 3.89. The predicted octanol–water partition coefficient (Wildman–Crippen LogP) is 1.83. The summed E-state index contributed by atoms with van der Waals surface area (Å²) in [6.45, 7) is 1.08. The molecule has 0 aromatic rings. The SMILES string of the molecule is CC(N[C@@H]1CCCC[C@H]1O)C(F)(F)F. The van der Waals surface area contributed by atoms with E-state index in [-0.39, 0.29) is 0 Å². The first-order chi connectivity index (χ1) is 6.41. The summed E-state index contributed by atoms with van der Waals surface area (Å²) in [4.78, 5) is 0. The van der Waals surface area contributed by atoms with Crippen LogP contribution < -0.4 is 5.32 Å². The number of halogens is 3. The molecule has 1 aliphatic carbocycles. The van der Waals surface area contributed by atoms with Gasteiger partial charge in [0, 0.05) is 6.04 Å². The van der Waals surface area contributed by atoms with Gasteiger partial charge in [0.05, 0.1) is 6.10 Å². The highest BCUT2D eigenvalue weighted by atomic mass is 19.4. The topological polar surface area (TPSA) is 32.3 Å². The fraction of sp³-hybridized carbons (Fsp3) is 1.00. The van der Waals surface area contributed by atoms with Gasteiger partial charge in [0.2, 0.25) is 0 Å². The van der Waals surface area contributed by atoms with Gasteiger partial charge >= 0.3 is 6.18 Å². The van der Waals surface area contributed by atoms with Gasteiger partial charge in [-0.15, -0.1) is 0 Å². The summed E-state index contributed by atoms with van der Waals surface area (Å²) >= 11 is 0. The van der Waals surface area contributed by atoms with Gasteiger partial charge in [-0.05, 0) is 19.8 Å². The Hall–Kier alpha value is -0.290. The first-order valence-corrected chi connectivity index (χ1v) is 4.92. The molecule has 2 nitrogen and oxygen atoms in total. The minimum Gasteiger partial charge on any atom is -0.392 e. The Morgan fingerprint density at radius 3 is 2.36 bits per heavy atom. The van der Waals surface area contributed by atoms with Crippen molar-refractivity contribution in [3.63, 3.8) is 0 Å². The van der Waals surface area contributed by atoms with Crippen LogP contribution in [0, 0.1) is 0 Å². The maximum Gasteiger partial charge on any atom is 0.403 e. The lowest BCUT2D eigenvalue weighted by Crippen LogP contribution is -2.51. The number of nitrogens with one attached hydrogen (secondary N) is 1. The highest BCUT2D eigenvalue weighted by Crippen LogP contribution is 2.24. The molecule has 0 heterocycles. The molecule has 0 saturated heterocycles. The van der Waals surface area contributed by atoms with E-state index in [4.69, 9.17) is 0 Å². The molecular formula is C9H16F3NO. The van der Waals surface area contributed by atoms with Gasteiger partial charge in [0.25, 0.3) is 0 Å². The van der Waals surface area contributed by atoms with Crippen molar-refractivity contribution in [2.24, 2.45) is 0 Å². The van der Waals surface area contributed by atoms with E-state index in [1.807, 2.05) is 0 Å². The van der Waals surface area contributed by atoms with Gasteiger partial charge in [0.15, 0.2) is 0 Å². The van der Waals surface area contributed by atoms with Gasteiger partial charge < -0.3 is 10.4 Å². The van der Waals surface area contributed by atoms with E-state index in [0.29, 0.717) is 12.8 Å². The Morgan fingerprint density at radius 2 is 1.86 bits per heavy atom. The first-order valence-electron chi connectivity index (χ1n) is 4.92. The molecule has 1 unspecified atom stereocenters. The minimum atomic E-state index is -4.23. The van der Waals surface area contributed by atoms with Crippen LogP contribution in [-0.4, -0.2) is 29.5 Å². The Bertz CT molecular complexity index is 183. The number of hydrogen-bond acceptors (Lipinski definition) is 2. The molecule has 0 aromatic heterocycles. The molecule has 0 spiro atoms. The molecule has 0 aromatic carbocycles. The average Bonchev–Trinajstić information content (AvgIpc) is 2.07. The Kier molecular flexibility index (Phi) is 3.78. The van der Waals surface area contributed by atoms with E-state index in [9.17, 15) is 18.3 Å². The van der Waals surface area contributed by atoms with Crippen molar-refractivity contribution < 1.29 is 18.3 Å². The maximum atomic E-state index is 12.2. The highest BCUT2D eigenvalue weighted by Gasteiger charge is 2.38. The van der Waals surface area contributed by atoms with E-state index in [0.717, 1.165) is 19.8 Å². The first kappa shape index (κ1) is 11.8. The van der Waals surface area contributed by atoms with Crippen LogP contribution in [0.3, 0.4) is 0 Å². The molecule has 0 amide bonds. The lowest BCUT2D eigenvalue weighted by atomic mass is 9.92. The van der Waals surface area contributed by atoms with Crippen molar-refractivity contribution in [1.82, 2.24) is 5.32 Å². The normalized spacial score (nSPS) is 31.5. The van der Waals surface area contributed by atoms with Crippen LogP contribution in [0.15, 0.2) is 0 Å². The van der Waals surface area contributed by atoms with Crippen LogP contribution >= 0.6 is 0 Å². The molecule has 0 radical (unpaired) electrons. The molecule has 14 heavy (non-hydrogen) atoms. The zero-order valence-corrected chi connectivity index (χ0v) is 8.14. The molecule has 3 atom stereocenters. The summed E-state index contributed by atoms with van der Waals surface area (Å²) in [5.74, 6) is 0. The monoisotopic (exact) mass is 211 g/mol.